The number of benzene rings is 4. The van der Waals surface area contributed by atoms with Crippen LogP contribution >= 0.6 is 0 Å². The first-order valence-corrected chi connectivity index (χ1v) is 6.81. The molecule has 0 fully saturated rings. The summed E-state index contributed by atoms with van der Waals surface area (Å²) >= 11 is 0. The molecule has 0 aromatic heterocycles. The molecule has 0 aliphatic rings. The molecule has 0 atom stereocenters. The van der Waals surface area contributed by atoms with Gasteiger partial charge in [-0.1, -0.05) is 66.7 Å². The summed E-state index contributed by atoms with van der Waals surface area (Å²) in [6.45, 7) is 0.0727. The summed E-state index contributed by atoms with van der Waals surface area (Å²) in [6, 6.07) is 23.2. The van der Waals surface area contributed by atoms with Gasteiger partial charge in [0.25, 0.3) is 0 Å². The average Bonchev–Trinajstić information content (AvgIpc) is 2.53. The van der Waals surface area contributed by atoms with E-state index in [1.54, 1.807) is 0 Å². The molecule has 0 radical (unpaired) electrons. The lowest BCUT2D eigenvalue weighted by atomic mass is 9.94. The van der Waals surface area contributed by atoms with Crippen LogP contribution < -0.4 is 0 Å². The fourth-order valence-corrected chi connectivity index (χ4v) is 3.09. The van der Waals surface area contributed by atoms with E-state index in [0.29, 0.717) is 0 Å². The molecule has 0 heterocycles. The van der Waals surface area contributed by atoms with Gasteiger partial charge in [0.15, 0.2) is 0 Å². The fraction of sp³-hybridized carbons (Fsp3) is 0.0526. The van der Waals surface area contributed by atoms with Gasteiger partial charge in [0.05, 0.1) is 6.61 Å². The van der Waals surface area contributed by atoms with Gasteiger partial charge in [0.2, 0.25) is 0 Å². The Balaban J connectivity index is 2.28. The third kappa shape index (κ3) is 1.54. The van der Waals surface area contributed by atoms with Crippen LogP contribution in [0.15, 0.2) is 66.7 Å². The van der Waals surface area contributed by atoms with Crippen molar-refractivity contribution < 1.29 is 5.11 Å². The third-order valence-corrected chi connectivity index (χ3v) is 4.02. The maximum Gasteiger partial charge on any atom is 0.0688 e. The van der Waals surface area contributed by atoms with Gasteiger partial charge in [-0.15, -0.1) is 0 Å². The lowest BCUT2D eigenvalue weighted by Crippen LogP contribution is -1.88. The van der Waals surface area contributed by atoms with E-state index in [9.17, 15) is 5.11 Å². The molecule has 0 spiro atoms. The lowest BCUT2D eigenvalue weighted by Gasteiger charge is -2.10. The molecule has 0 saturated carbocycles. The molecule has 1 N–H and O–H groups in total. The van der Waals surface area contributed by atoms with E-state index < -0.39 is 0 Å². The van der Waals surface area contributed by atoms with E-state index in [-0.39, 0.29) is 6.61 Å². The van der Waals surface area contributed by atoms with E-state index >= 15 is 0 Å². The number of hydrogen-bond donors (Lipinski definition) is 1. The summed E-state index contributed by atoms with van der Waals surface area (Å²) in [5, 5.41) is 16.9. The van der Waals surface area contributed by atoms with Crippen LogP contribution in [0.3, 0.4) is 0 Å². The second-order valence-corrected chi connectivity index (χ2v) is 5.12. The van der Waals surface area contributed by atoms with Gasteiger partial charge in [0.1, 0.15) is 0 Å². The maximum atomic E-state index is 9.61. The van der Waals surface area contributed by atoms with E-state index in [0.717, 1.165) is 5.56 Å². The Kier molecular flexibility index (Phi) is 2.48. The van der Waals surface area contributed by atoms with Crippen molar-refractivity contribution in [1.82, 2.24) is 0 Å². The van der Waals surface area contributed by atoms with Gasteiger partial charge in [-0.05, 0) is 37.9 Å². The van der Waals surface area contributed by atoms with E-state index in [4.69, 9.17) is 0 Å². The summed E-state index contributed by atoms with van der Waals surface area (Å²) in [7, 11) is 0. The van der Waals surface area contributed by atoms with Crippen molar-refractivity contribution in [2.45, 2.75) is 6.61 Å². The van der Waals surface area contributed by atoms with Crippen molar-refractivity contribution in [2.75, 3.05) is 0 Å². The first kappa shape index (κ1) is 11.4. The molecule has 0 aliphatic heterocycles. The number of fused-ring (bicyclic) bond motifs is 5. The van der Waals surface area contributed by atoms with E-state index in [2.05, 4.69) is 54.6 Å². The number of hydrogen-bond acceptors (Lipinski definition) is 1. The lowest BCUT2D eigenvalue weighted by molar-refractivity contribution is 0.283. The monoisotopic (exact) mass is 258 g/mol. The quantitative estimate of drug-likeness (QED) is 0.493. The molecule has 1 nitrogen and oxygen atoms in total. The van der Waals surface area contributed by atoms with Crippen molar-refractivity contribution in [1.29, 1.82) is 0 Å². The van der Waals surface area contributed by atoms with Crippen LogP contribution in [0.2, 0.25) is 0 Å². The SMILES string of the molecule is OCc1cccc2ccc3c4ccccc4ccc3c12. The van der Waals surface area contributed by atoms with Crippen LogP contribution in [0.4, 0.5) is 0 Å². The summed E-state index contributed by atoms with van der Waals surface area (Å²) in [6.07, 6.45) is 0. The minimum absolute atomic E-state index is 0.0727. The maximum absolute atomic E-state index is 9.61. The van der Waals surface area contributed by atoms with Crippen molar-refractivity contribution in [3.63, 3.8) is 0 Å². The second-order valence-electron chi connectivity index (χ2n) is 5.12. The van der Waals surface area contributed by atoms with Gasteiger partial charge in [-0.2, -0.15) is 0 Å². The Hall–Kier alpha value is -2.38. The van der Waals surface area contributed by atoms with Crippen LogP contribution in [-0.4, -0.2) is 5.11 Å². The minimum Gasteiger partial charge on any atom is -0.392 e. The molecular weight excluding hydrogens is 244 g/mol. The fourth-order valence-electron chi connectivity index (χ4n) is 3.09. The summed E-state index contributed by atoms with van der Waals surface area (Å²) < 4.78 is 0. The molecule has 0 aliphatic carbocycles. The first-order chi connectivity index (χ1) is 9.88. The Morgan fingerprint density at radius 2 is 1.35 bits per heavy atom. The van der Waals surface area contributed by atoms with E-state index in [1.165, 1.54) is 32.3 Å². The largest absolute Gasteiger partial charge is 0.392 e. The highest BCUT2D eigenvalue weighted by atomic mass is 16.3. The standard InChI is InChI=1S/C19H14O/c20-12-15-6-3-5-14-9-10-17-16-7-2-1-4-13(16)8-11-18(17)19(14)15/h1-11,20H,12H2. The van der Waals surface area contributed by atoms with Crippen molar-refractivity contribution in [2.24, 2.45) is 0 Å². The highest BCUT2D eigenvalue weighted by Crippen LogP contribution is 2.32. The smallest absolute Gasteiger partial charge is 0.0688 e. The zero-order chi connectivity index (χ0) is 13.5. The predicted octanol–water partition coefficient (Wildman–Crippen LogP) is 4.64. The normalized spacial score (nSPS) is 11.4. The van der Waals surface area contributed by atoms with Crippen molar-refractivity contribution in [3.8, 4) is 0 Å². The molecule has 0 amide bonds. The zero-order valence-electron chi connectivity index (χ0n) is 11.0. The summed E-state index contributed by atoms with van der Waals surface area (Å²) in [5.41, 5.74) is 0.989. The number of rotatable bonds is 1. The number of aliphatic hydroxyl groups excluding tert-OH is 1. The zero-order valence-corrected chi connectivity index (χ0v) is 11.0. The van der Waals surface area contributed by atoms with Crippen molar-refractivity contribution >= 4 is 32.3 Å². The van der Waals surface area contributed by atoms with Crippen LogP contribution in [0.25, 0.3) is 32.3 Å². The van der Waals surface area contributed by atoms with Gasteiger partial charge in [-0.25, -0.2) is 0 Å². The molecule has 4 aromatic rings. The molecule has 0 bridgehead atoms. The molecule has 0 saturated heterocycles. The summed E-state index contributed by atoms with van der Waals surface area (Å²) in [4.78, 5) is 0. The Morgan fingerprint density at radius 1 is 0.600 bits per heavy atom. The first-order valence-electron chi connectivity index (χ1n) is 6.81. The van der Waals surface area contributed by atoms with Crippen LogP contribution in [0.1, 0.15) is 5.56 Å². The molecule has 1 heteroatoms. The molecule has 0 unspecified atom stereocenters. The Bertz CT molecular complexity index is 938. The van der Waals surface area contributed by atoms with Crippen LogP contribution in [0.5, 0.6) is 0 Å². The molecular formula is C19H14O. The van der Waals surface area contributed by atoms with Crippen LogP contribution in [0, 0.1) is 0 Å². The third-order valence-electron chi connectivity index (χ3n) is 4.02. The second kappa shape index (κ2) is 4.32. The van der Waals surface area contributed by atoms with Gasteiger partial charge < -0.3 is 5.11 Å². The molecule has 96 valence electrons. The Labute approximate surface area is 117 Å². The van der Waals surface area contributed by atoms with E-state index in [1.807, 2.05) is 12.1 Å². The van der Waals surface area contributed by atoms with Gasteiger partial charge in [-0.3, -0.25) is 0 Å². The predicted molar refractivity (Wildman–Crippen MR) is 84.9 cm³/mol. The number of aliphatic hydroxyl groups is 1. The molecule has 4 rings (SSSR count). The summed E-state index contributed by atoms with van der Waals surface area (Å²) in [5.74, 6) is 0. The highest BCUT2D eigenvalue weighted by Gasteiger charge is 2.07. The minimum atomic E-state index is 0.0727. The van der Waals surface area contributed by atoms with Crippen molar-refractivity contribution in [3.05, 3.63) is 72.3 Å². The van der Waals surface area contributed by atoms with Crippen LogP contribution in [-0.2, 0) is 6.61 Å². The average molecular weight is 258 g/mol. The van der Waals surface area contributed by atoms with Gasteiger partial charge in [0, 0.05) is 0 Å². The Morgan fingerprint density at radius 3 is 2.25 bits per heavy atom. The highest BCUT2D eigenvalue weighted by molar-refractivity contribution is 6.18. The van der Waals surface area contributed by atoms with Gasteiger partial charge >= 0.3 is 0 Å². The topological polar surface area (TPSA) is 20.2 Å². The molecule has 20 heavy (non-hydrogen) atoms. The molecule has 4 aromatic carbocycles.